The van der Waals surface area contributed by atoms with Crippen LogP contribution in [0, 0.1) is 0 Å². The molecule has 0 bridgehead atoms. The molecule has 0 radical (unpaired) electrons. The summed E-state index contributed by atoms with van der Waals surface area (Å²) >= 11 is 3.42. The molecule has 0 aliphatic carbocycles. The molecule has 0 saturated heterocycles. The second-order valence-electron chi connectivity index (χ2n) is 4.93. The zero-order chi connectivity index (χ0) is 15.9. The molecule has 0 aliphatic heterocycles. The summed E-state index contributed by atoms with van der Waals surface area (Å²) in [6, 6.07) is 5.57. The second-order valence-corrected chi connectivity index (χ2v) is 5.85. The lowest BCUT2D eigenvalue weighted by atomic mass is 10.1. The van der Waals surface area contributed by atoms with Crippen LogP contribution in [0.3, 0.4) is 0 Å². The summed E-state index contributed by atoms with van der Waals surface area (Å²) in [5, 5.41) is 10.3. The minimum Gasteiger partial charge on any atom is -0.493 e. The Hall–Kier alpha value is -1.89. The summed E-state index contributed by atoms with van der Waals surface area (Å²) in [6.07, 6.45) is 4.51. The van der Waals surface area contributed by atoms with Crippen molar-refractivity contribution in [1.82, 2.24) is 15.4 Å². The predicted octanol–water partition coefficient (Wildman–Crippen LogP) is 3.29. The number of ether oxygens (including phenoxy) is 1. The van der Waals surface area contributed by atoms with Gasteiger partial charge in [0.05, 0.1) is 6.61 Å². The minimum absolute atomic E-state index is 0.105. The fourth-order valence-corrected chi connectivity index (χ4v) is 2.48. The number of unbranched alkanes of at least 4 members (excludes halogenated alkanes) is 3. The number of halogens is 1. The summed E-state index contributed by atoms with van der Waals surface area (Å²) in [4.78, 5) is 11.4. The number of hydrogen-bond acceptors (Lipinski definition) is 4. The highest BCUT2D eigenvalue weighted by atomic mass is 79.9. The van der Waals surface area contributed by atoms with Crippen molar-refractivity contribution in [3.05, 3.63) is 28.4 Å². The van der Waals surface area contributed by atoms with Gasteiger partial charge < -0.3 is 10.5 Å². The van der Waals surface area contributed by atoms with Gasteiger partial charge in [-0.15, -0.1) is 0 Å². The van der Waals surface area contributed by atoms with Gasteiger partial charge in [-0.2, -0.15) is 15.4 Å². The summed E-state index contributed by atoms with van der Waals surface area (Å²) in [7, 11) is 0. The van der Waals surface area contributed by atoms with E-state index in [2.05, 4.69) is 38.3 Å². The Kier molecular flexibility index (Phi) is 5.94. The van der Waals surface area contributed by atoms with Gasteiger partial charge in [-0.05, 0) is 24.6 Å². The molecule has 0 aliphatic rings. The van der Waals surface area contributed by atoms with Crippen molar-refractivity contribution in [2.75, 3.05) is 6.61 Å². The number of nitrogens with zero attached hydrogens (tertiary/aromatic N) is 2. The third-order valence-electron chi connectivity index (χ3n) is 3.23. The van der Waals surface area contributed by atoms with Gasteiger partial charge in [0.15, 0.2) is 5.69 Å². The molecule has 0 atom stereocenters. The van der Waals surface area contributed by atoms with Crippen LogP contribution in [0.4, 0.5) is 0 Å². The number of aromatic nitrogens is 3. The van der Waals surface area contributed by atoms with Crippen LogP contribution >= 0.6 is 15.9 Å². The number of hydrogen-bond donors (Lipinski definition) is 2. The maximum Gasteiger partial charge on any atom is 0.271 e. The molecule has 6 nitrogen and oxygen atoms in total. The van der Waals surface area contributed by atoms with Crippen molar-refractivity contribution in [3.8, 4) is 17.0 Å². The quantitative estimate of drug-likeness (QED) is 0.700. The summed E-state index contributed by atoms with van der Waals surface area (Å²) in [5.74, 6) is 0.0359. The van der Waals surface area contributed by atoms with Gasteiger partial charge in [0, 0.05) is 10.0 Å². The number of aromatic amines is 1. The number of rotatable bonds is 8. The molecule has 118 valence electrons. The highest BCUT2D eigenvalue weighted by Gasteiger charge is 2.19. The van der Waals surface area contributed by atoms with E-state index >= 15 is 0 Å². The Morgan fingerprint density at radius 1 is 1.32 bits per heavy atom. The number of nitrogens with two attached hydrogens (primary N) is 1. The number of primary amides is 1. The number of amides is 1. The van der Waals surface area contributed by atoms with E-state index in [0.29, 0.717) is 23.6 Å². The summed E-state index contributed by atoms with van der Waals surface area (Å²) < 4.78 is 6.70. The molecule has 0 unspecified atom stereocenters. The molecule has 22 heavy (non-hydrogen) atoms. The van der Waals surface area contributed by atoms with Crippen LogP contribution in [0.5, 0.6) is 5.75 Å². The van der Waals surface area contributed by atoms with Gasteiger partial charge in [0.1, 0.15) is 11.4 Å². The van der Waals surface area contributed by atoms with Crippen LogP contribution in [0.15, 0.2) is 22.7 Å². The monoisotopic (exact) mass is 366 g/mol. The van der Waals surface area contributed by atoms with Crippen LogP contribution in [-0.2, 0) is 0 Å². The molecule has 1 aromatic heterocycles. The van der Waals surface area contributed by atoms with Crippen LogP contribution < -0.4 is 10.5 Å². The first-order valence-corrected chi connectivity index (χ1v) is 8.06. The standard InChI is InChI=1S/C15H19BrN4O2/c1-2-3-4-5-8-22-12-7-6-10(16)9-11(12)13-14(15(17)21)19-20-18-13/h6-7,9H,2-5,8H2,1H3,(H2,17,21)(H,18,19,20). The zero-order valence-corrected chi connectivity index (χ0v) is 14.0. The van der Waals surface area contributed by atoms with E-state index in [1.807, 2.05) is 18.2 Å². The molecular weight excluding hydrogens is 348 g/mol. The minimum atomic E-state index is -0.627. The van der Waals surface area contributed by atoms with Crippen molar-refractivity contribution in [2.24, 2.45) is 5.73 Å². The van der Waals surface area contributed by atoms with Crippen LogP contribution in [0.2, 0.25) is 0 Å². The van der Waals surface area contributed by atoms with Crippen LogP contribution in [-0.4, -0.2) is 27.9 Å². The second kappa shape index (κ2) is 7.93. The maximum absolute atomic E-state index is 11.4. The first-order chi connectivity index (χ1) is 10.6. The summed E-state index contributed by atoms with van der Waals surface area (Å²) in [5.41, 5.74) is 6.52. The molecule has 1 aromatic carbocycles. The third kappa shape index (κ3) is 4.07. The van der Waals surface area contributed by atoms with Gasteiger partial charge >= 0.3 is 0 Å². The SMILES string of the molecule is CCCCCCOc1ccc(Br)cc1-c1n[nH]nc1C(N)=O. The molecule has 2 rings (SSSR count). The van der Waals surface area contributed by atoms with Gasteiger partial charge in [-0.1, -0.05) is 42.1 Å². The molecule has 2 aromatic rings. The number of carbonyl (C=O) groups is 1. The van der Waals surface area contributed by atoms with Crippen molar-refractivity contribution < 1.29 is 9.53 Å². The van der Waals surface area contributed by atoms with E-state index in [1.165, 1.54) is 12.8 Å². The lowest BCUT2D eigenvalue weighted by molar-refractivity contribution is 0.0996. The topological polar surface area (TPSA) is 93.9 Å². The summed E-state index contributed by atoms with van der Waals surface area (Å²) in [6.45, 7) is 2.79. The van der Waals surface area contributed by atoms with Crippen molar-refractivity contribution in [1.29, 1.82) is 0 Å². The molecular formula is C15H19BrN4O2. The van der Waals surface area contributed by atoms with E-state index in [9.17, 15) is 4.79 Å². The van der Waals surface area contributed by atoms with Crippen LogP contribution in [0.1, 0.15) is 43.1 Å². The Bertz CT molecular complexity index is 642. The van der Waals surface area contributed by atoms with Gasteiger partial charge in [-0.25, -0.2) is 0 Å². The van der Waals surface area contributed by atoms with Crippen LogP contribution in [0.25, 0.3) is 11.3 Å². The van der Waals surface area contributed by atoms with E-state index in [0.717, 1.165) is 17.3 Å². The van der Waals surface area contributed by atoms with Crippen molar-refractivity contribution >= 4 is 21.8 Å². The number of H-pyrrole nitrogens is 1. The van der Waals surface area contributed by atoms with Gasteiger partial charge in [-0.3, -0.25) is 4.79 Å². The molecule has 0 fully saturated rings. The Balaban J connectivity index is 2.21. The highest BCUT2D eigenvalue weighted by Crippen LogP contribution is 2.33. The first kappa shape index (κ1) is 16.5. The van der Waals surface area contributed by atoms with E-state index < -0.39 is 5.91 Å². The average Bonchev–Trinajstić information content (AvgIpc) is 2.98. The van der Waals surface area contributed by atoms with E-state index in [1.54, 1.807) is 0 Å². The lowest BCUT2D eigenvalue weighted by Crippen LogP contribution is -2.13. The number of nitrogens with one attached hydrogen (secondary N) is 1. The fraction of sp³-hybridized carbons (Fsp3) is 0.400. The van der Waals surface area contributed by atoms with Gasteiger partial charge in [0.25, 0.3) is 5.91 Å². The predicted molar refractivity (Wildman–Crippen MR) is 87.7 cm³/mol. The first-order valence-electron chi connectivity index (χ1n) is 7.26. The van der Waals surface area contributed by atoms with Crippen molar-refractivity contribution in [2.45, 2.75) is 32.6 Å². The van der Waals surface area contributed by atoms with Crippen molar-refractivity contribution in [3.63, 3.8) is 0 Å². The molecule has 7 heteroatoms. The Labute approximate surface area is 137 Å². The third-order valence-corrected chi connectivity index (χ3v) is 3.73. The normalized spacial score (nSPS) is 10.6. The largest absolute Gasteiger partial charge is 0.493 e. The van der Waals surface area contributed by atoms with E-state index in [-0.39, 0.29) is 5.69 Å². The maximum atomic E-state index is 11.4. The fourth-order valence-electron chi connectivity index (χ4n) is 2.11. The number of benzene rings is 1. The highest BCUT2D eigenvalue weighted by molar-refractivity contribution is 9.10. The molecule has 1 amide bonds. The average molecular weight is 367 g/mol. The Morgan fingerprint density at radius 2 is 2.14 bits per heavy atom. The van der Waals surface area contributed by atoms with Gasteiger partial charge in [0.2, 0.25) is 0 Å². The lowest BCUT2D eigenvalue weighted by Gasteiger charge is -2.11. The molecule has 1 heterocycles. The Morgan fingerprint density at radius 3 is 2.86 bits per heavy atom. The molecule has 0 saturated carbocycles. The van der Waals surface area contributed by atoms with E-state index in [4.69, 9.17) is 10.5 Å². The number of carbonyl (C=O) groups excluding carboxylic acids is 1. The smallest absolute Gasteiger partial charge is 0.271 e. The molecule has 0 spiro atoms. The molecule has 3 N–H and O–H groups in total. The zero-order valence-electron chi connectivity index (χ0n) is 12.4.